The minimum Gasteiger partial charge on any atom is -0.462 e. The SMILES string of the molecule is CCCC/C=C\C/C=C\CCCCCCCC(=O)O[C@H](COC(=O)CCCCCCCCCCCCCCCCCCC)COP(=O)(O)OCC[N+](C)(C)C. The number of likely N-dealkylation sites (N-methyl/N-ethyl adjacent to an activating group) is 1. The van der Waals surface area contributed by atoms with Crippen molar-refractivity contribution in [3.8, 4) is 0 Å². The van der Waals surface area contributed by atoms with Crippen LogP contribution in [0.5, 0.6) is 0 Å². The van der Waals surface area contributed by atoms with E-state index in [0.717, 1.165) is 64.2 Å². The van der Waals surface area contributed by atoms with E-state index in [1.54, 1.807) is 0 Å². The Balaban J connectivity index is 4.32. The van der Waals surface area contributed by atoms with Crippen LogP contribution >= 0.6 is 7.82 Å². The van der Waals surface area contributed by atoms with Crippen LogP contribution in [0.2, 0.25) is 0 Å². The molecule has 0 spiro atoms. The Hall–Kier alpha value is -1.51. The number of rotatable bonds is 41. The summed E-state index contributed by atoms with van der Waals surface area (Å²) in [6, 6.07) is 0. The molecular weight excluding hydrogens is 713 g/mol. The van der Waals surface area contributed by atoms with Crippen LogP contribution in [0.4, 0.5) is 0 Å². The lowest BCUT2D eigenvalue weighted by Crippen LogP contribution is -2.37. The van der Waals surface area contributed by atoms with Crippen molar-refractivity contribution in [1.29, 1.82) is 0 Å². The van der Waals surface area contributed by atoms with Gasteiger partial charge in [0, 0.05) is 12.8 Å². The Morgan fingerprint density at radius 3 is 1.49 bits per heavy atom. The van der Waals surface area contributed by atoms with E-state index in [9.17, 15) is 19.0 Å². The van der Waals surface area contributed by atoms with Gasteiger partial charge in [-0.3, -0.25) is 18.6 Å². The summed E-state index contributed by atoms with van der Waals surface area (Å²) in [6.45, 7) is 4.38. The number of phosphoric ester groups is 1. The Morgan fingerprint density at radius 1 is 0.564 bits per heavy atom. The number of ether oxygens (including phenoxy) is 2. The van der Waals surface area contributed by atoms with Crippen LogP contribution in [0.3, 0.4) is 0 Å². The summed E-state index contributed by atoms with van der Waals surface area (Å²) >= 11 is 0. The van der Waals surface area contributed by atoms with E-state index in [1.165, 1.54) is 103 Å². The summed E-state index contributed by atoms with van der Waals surface area (Å²) < 4.78 is 34.3. The normalized spacial score (nSPS) is 13.8. The first kappa shape index (κ1) is 53.5. The van der Waals surface area contributed by atoms with Gasteiger partial charge in [0.1, 0.15) is 19.8 Å². The lowest BCUT2D eigenvalue weighted by Gasteiger charge is -2.24. The monoisotopic (exact) mass is 801 g/mol. The quantitative estimate of drug-likeness (QED) is 0.0214. The van der Waals surface area contributed by atoms with E-state index in [4.69, 9.17) is 18.5 Å². The molecular formula is C45H87NO8P+. The number of carbonyl (C=O) groups excluding carboxylic acids is 2. The zero-order valence-electron chi connectivity index (χ0n) is 36.4. The van der Waals surface area contributed by atoms with Crippen molar-refractivity contribution < 1.29 is 42.1 Å². The fourth-order valence-corrected chi connectivity index (χ4v) is 6.89. The first-order chi connectivity index (χ1) is 26.5. The van der Waals surface area contributed by atoms with Crippen LogP contribution in [-0.4, -0.2) is 74.9 Å². The molecule has 0 heterocycles. The molecule has 0 aromatic heterocycles. The van der Waals surface area contributed by atoms with E-state index < -0.39 is 26.5 Å². The summed E-state index contributed by atoms with van der Waals surface area (Å²) in [5.74, 6) is -0.807. The highest BCUT2D eigenvalue weighted by Crippen LogP contribution is 2.43. The molecule has 0 saturated carbocycles. The van der Waals surface area contributed by atoms with E-state index in [2.05, 4.69) is 38.2 Å². The Morgan fingerprint density at radius 2 is 1.00 bits per heavy atom. The lowest BCUT2D eigenvalue weighted by atomic mass is 10.0. The largest absolute Gasteiger partial charge is 0.472 e. The summed E-state index contributed by atoms with van der Waals surface area (Å²) in [5.41, 5.74) is 0. The minimum absolute atomic E-state index is 0.0306. The summed E-state index contributed by atoms with van der Waals surface area (Å²) in [4.78, 5) is 35.4. The molecule has 0 aliphatic carbocycles. The van der Waals surface area contributed by atoms with Gasteiger partial charge in [-0.15, -0.1) is 0 Å². The minimum atomic E-state index is -4.37. The molecule has 10 heteroatoms. The summed E-state index contributed by atoms with van der Waals surface area (Å²) in [6.07, 6.45) is 40.8. The van der Waals surface area contributed by atoms with Crippen LogP contribution < -0.4 is 0 Å². The number of hydrogen-bond acceptors (Lipinski definition) is 7. The number of hydrogen-bond donors (Lipinski definition) is 1. The molecule has 0 aromatic rings. The number of unbranched alkanes of at least 4 members (excludes halogenated alkanes) is 23. The Kier molecular flexibility index (Phi) is 37.0. The average molecular weight is 801 g/mol. The molecule has 55 heavy (non-hydrogen) atoms. The zero-order valence-corrected chi connectivity index (χ0v) is 37.3. The molecule has 0 radical (unpaired) electrons. The van der Waals surface area contributed by atoms with Crippen LogP contribution in [-0.2, 0) is 32.7 Å². The highest BCUT2D eigenvalue weighted by atomic mass is 31.2. The third kappa shape index (κ3) is 41.9. The maximum absolute atomic E-state index is 12.7. The second-order valence-corrected chi connectivity index (χ2v) is 17.9. The van der Waals surface area contributed by atoms with Crippen molar-refractivity contribution in [2.75, 3.05) is 47.5 Å². The van der Waals surface area contributed by atoms with E-state index in [0.29, 0.717) is 23.9 Å². The number of allylic oxidation sites excluding steroid dienone is 4. The van der Waals surface area contributed by atoms with Gasteiger partial charge in [-0.05, 0) is 38.5 Å². The van der Waals surface area contributed by atoms with E-state index >= 15 is 0 Å². The third-order valence-corrected chi connectivity index (χ3v) is 10.7. The predicted molar refractivity (Wildman–Crippen MR) is 229 cm³/mol. The molecule has 0 aliphatic heterocycles. The first-order valence-corrected chi connectivity index (χ1v) is 24.1. The van der Waals surface area contributed by atoms with Crippen molar-refractivity contribution >= 4 is 19.8 Å². The van der Waals surface area contributed by atoms with E-state index in [-0.39, 0.29) is 25.6 Å². The molecule has 1 N–H and O–H groups in total. The standard InChI is InChI=1S/C45H86NO8P/c1-6-8-10-12-14-16-18-20-22-23-24-26-27-29-31-33-35-37-44(47)51-41-43(42-53-55(49,50)52-40-39-46(3,4)5)54-45(48)38-36-34-32-30-28-25-21-19-17-15-13-11-9-7-2/h13,15,19,21,43H,6-12,14,16-18,20,22-42H2,1-5H3/p+1/b15-13-,21-19-/t43-/m1/s1. The fraction of sp³-hybridized carbons (Fsp3) is 0.867. The van der Waals surface area contributed by atoms with Crippen LogP contribution in [0.15, 0.2) is 24.3 Å². The zero-order chi connectivity index (χ0) is 40.7. The number of esters is 2. The molecule has 2 atom stereocenters. The fourth-order valence-electron chi connectivity index (χ4n) is 6.15. The van der Waals surface area contributed by atoms with Crippen molar-refractivity contribution in [3.05, 3.63) is 24.3 Å². The highest BCUT2D eigenvalue weighted by Gasteiger charge is 2.27. The van der Waals surface area contributed by atoms with Crippen LogP contribution in [0.1, 0.15) is 200 Å². The Labute approximate surface area is 339 Å². The number of quaternary nitrogens is 1. The molecule has 0 fully saturated rings. The molecule has 0 aliphatic rings. The molecule has 324 valence electrons. The van der Waals surface area contributed by atoms with E-state index in [1.807, 2.05) is 21.1 Å². The van der Waals surface area contributed by atoms with Gasteiger partial charge in [0.05, 0.1) is 27.7 Å². The van der Waals surface area contributed by atoms with Gasteiger partial charge < -0.3 is 18.9 Å². The van der Waals surface area contributed by atoms with Crippen molar-refractivity contribution in [1.82, 2.24) is 0 Å². The lowest BCUT2D eigenvalue weighted by molar-refractivity contribution is -0.870. The molecule has 9 nitrogen and oxygen atoms in total. The average Bonchev–Trinajstić information content (AvgIpc) is 3.13. The molecule has 0 saturated heterocycles. The van der Waals surface area contributed by atoms with Crippen LogP contribution in [0.25, 0.3) is 0 Å². The van der Waals surface area contributed by atoms with Gasteiger partial charge in [-0.25, -0.2) is 4.57 Å². The van der Waals surface area contributed by atoms with Crippen molar-refractivity contribution in [2.24, 2.45) is 0 Å². The maximum atomic E-state index is 12.7. The molecule has 0 aromatic carbocycles. The number of nitrogens with zero attached hydrogens (tertiary/aromatic N) is 1. The molecule has 0 rings (SSSR count). The topological polar surface area (TPSA) is 108 Å². The predicted octanol–water partition coefficient (Wildman–Crippen LogP) is 12.7. The smallest absolute Gasteiger partial charge is 0.462 e. The summed E-state index contributed by atoms with van der Waals surface area (Å²) in [7, 11) is 1.47. The first-order valence-electron chi connectivity index (χ1n) is 22.6. The second kappa shape index (κ2) is 38.0. The van der Waals surface area contributed by atoms with Gasteiger partial charge in [0.2, 0.25) is 0 Å². The molecule has 0 amide bonds. The second-order valence-electron chi connectivity index (χ2n) is 16.4. The highest BCUT2D eigenvalue weighted by molar-refractivity contribution is 7.47. The molecule has 0 bridgehead atoms. The summed E-state index contributed by atoms with van der Waals surface area (Å²) in [5, 5.41) is 0. The molecule has 1 unspecified atom stereocenters. The number of phosphoric acid groups is 1. The van der Waals surface area contributed by atoms with Gasteiger partial charge >= 0.3 is 19.8 Å². The van der Waals surface area contributed by atoms with Gasteiger partial charge in [-0.1, -0.05) is 173 Å². The maximum Gasteiger partial charge on any atom is 0.472 e. The van der Waals surface area contributed by atoms with Gasteiger partial charge in [0.15, 0.2) is 6.10 Å². The number of carbonyl (C=O) groups is 2. The van der Waals surface area contributed by atoms with Crippen molar-refractivity contribution in [3.63, 3.8) is 0 Å². The van der Waals surface area contributed by atoms with Gasteiger partial charge in [-0.2, -0.15) is 0 Å². The Bertz CT molecular complexity index is 996. The van der Waals surface area contributed by atoms with Crippen molar-refractivity contribution in [2.45, 2.75) is 206 Å². The third-order valence-electron chi connectivity index (χ3n) is 9.73. The van der Waals surface area contributed by atoms with Gasteiger partial charge in [0.25, 0.3) is 0 Å². The van der Waals surface area contributed by atoms with Crippen LogP contribution in [0, 0.1) is 0 Å².